The van der Waals surface area contributed by atoms with E-state index in [-0.39, 0.29) is 5.02 Å². The van der Waals surface area contributed by atoms with Crippen LogP contribution in [0.3, 0.4) is 0 Å². The number of benzene rings is 1. The topological polar surface area (TPSA) is 26.0 Å². The van der Waals surface area contributed by atoms with Gasteiger partial charge < -0.3 is 5.73 Å². The van der Waals surface area contributed by atoms with Crippen LogP contribution < -0.4 is 5.73 Å². The van der Waals surface area contributed by atoms with Crippen LogP contribution in [-0.4, -0.2) is 6.54 Å². The lowest BCUT2D eigenvalue weighted by atomic mass is 10.1. The maximum atomic E-state index is 12.7. The summed E-state index contributed by atoms with van der Waals surface area (Å²) in [6.07, 6.45) is 1.88. The zero-order valence-electron chi connectivity index (χ0n) is 7.35. The first-order chi connectivity index (χ1) is 6.13. The lowest BCUT2D eigenvalue weighted by Crippen LogP contribution is -1.99. The second-order valence-electron chi connectivity index (χ2n) is 2.87. The highest BCUT2D eigenvalue weighted by Gasteiger charge is 1.98. The maximum absolute atomic E-state index is 12.7. The number of rotatable bonds is 2. The maximum Gasteiger partial charge on any atom is 0.141 e. The molecular weight excluding hydrogens is 189 g/mol. The lowest BCUT2D eigenvalue weighted by molar-refractivity contribution is 0.628. The van der Waals surface area contributed by atoms with Gasteiger partial charge in [-0.2, -0.15) is 0 Å². The summed E-state index contributed by atoms with van der Waals surface area (Å²) in [5, 5.41) is 0.138. The van der Waals surface area contributed by atoms with Gasteiger partial charge in [-0.25, -0.2) is 4.39 Å². The largest absolute Gasteiger partial charge is 0.327 e. The third-order valence-electron chi connectivity index (χ3n) is 1.68. The van der Waals surface area contributed by atoms with Gasteiger partial charge in [0.15, 0.2) is 0 Å². The van der Waals surface area contributed by atoms with Crippen LogP contribution >= 0.6 is 11.6 Å². The molecule has 1 rings (SSSR count). The van der Waals surface area contributed by atoms with Crippen LogP contribution in [0.25, 0.3) is 6.08 Å². The van der Waals surface area contributed by atoms with Gasteiger partial charge in [0.1, 0.15) is 5.82 Å². The third-order valence-corrected chi connectivity index (χ3v) is 1.97. The molecule has 0 aliphatic carbocycles. The predicted octanol–water partition coefficient (Wildman–Crippen LogP) is 2.84. The van der Waals surface area contributed by atoms with Crippen molar-refractivity contribution in [3.8, 4) is 0 Å². The van der Waals surface area contributed by atoms with Gasteiger partial charge in [-0.1, -0.05) is 29.3 Å². The Hall–Kier alpha value is -0.860. The molecule has 0 aliphatic heterocycles. The van der Waals surface area contributed by atoms with Gasteiger partial charge >= 0.3 is 0 Å². The van der Waals surface area contributed by atoms with E-state index in [0.717, 1.165) is 11.1 Å². The van der Waals surface area contributed by atoms with Crippen LogP contribution in [0.15, 0.2) is 23.8 Å². The fraction of sp³-hybridized carbons (Fsp3) is 0.200. The molecule has 3 heteroatoms. The zero-order chi connectivity index (χ0) is 9.84. The van der Waals surface area contributed by atoms with Crippen LogP contribution in [0, 0.1) is 5.82 Å². The van der Waals surface area contributed by atoms with Gasteiger partial charge in [0, 0.05) is 6.54 Å². The van der Waals surface area contributed by atoms with Crippen molar-refractivity contribution < 1.29 is 4.39 Å². The second-order valence-corrected chi connectivity index (χ2v) is 3.28. The summed E-state index contributed by atoms with van der Waals surface area (Å²) in [5.74, 6) is -0.399. The minimum absolute atomic E-state index is 0.138. The molecule has 0 fully saturated rings. The third kappa shape index (κ3) is 2.83. The molecule has 70 valence electrons. The van der Waals surface area contributed by atoms with Crippen molar-refractivity contribution in [1.29, 1.82) is 0 Å². The second kappa shape index (κ2) is 4.40. The molecule has 13 heavy (non-hydrogen) atoms. The van der Waals surface area contributed by atoms with Crippen molar-refractivity contribution in [2.45, 2.75) is 6.92 Å². The van der Waals surface area contributed by atoms with Gasteiger partial charge in [-0.3, -0.25) is 0 Å². The van der Waals surface area contributed by atoms with Crippen LogP contribution in [0.4, 0.5) is 4.39 Å². The Bertz CT molecular complexity index is 334. The summed E-state index contributed by atoms with van der Waals surface area (Å²) in [7, 11) is 0. The van der Waals surface area contributed by atoms with Gasteiger partial charge in [0.2, 0.25) is 0 Å². The standard InChI is InChI=1S/C10H11ClFN/c1-7(6-13)4-8-2-3-10(12)9(11)5-8/h2-5H,6,13H2,1H3/b7-4-. The first-order valence-corrected chi connectivity index (χ1v) is 4.33. The first-order valence-electron chi connectivity index (χ1n) is 3.96. The predicted molar refractivity (Wildman–Crippen MR) is 54.1 cm³/mol. The van der Waals surface area contributed by atoms with Gasteiger partial charge in [0.25, 0.3) is 0 Å². The monoisotopic (exact) mass is 199 g/mol. The Morgan fingerprint density at radius 2 is 2.31 bits per heavy atom. The Balaban J connectivity index is 2.98. The van der Waals surface area contributed by atoms with E-state index in [1.54, 1.807) is 12.1 Å². The van der Waals surface area contributed by atoms with E-state index in [0.29, 0.717) is 6.54 Å². The molecule has 1 aromatic rings. The van der Waals surface area contributed by atoms with E-state index >= 15 is 0 Å². The molecule has 0 saturated heterocycles. The molecule has 0 saturated carbocycles. The summed E-state index contributed by atoms with van der Waals surface area (Å²) in [6.45, 7) is 2.41. The van der Waals surface area contributed by atoms with E-state index in [9.17, 15) is 4.39 Å². The molecule has 0 bridgehead atoms. The van der Waals surface area contributed by atoms with E-state index in [2.05, 4.69) is 0 Å². The fourth-order valence-electron chi connectivity index (χ4n) is 0.946. The summed E-state index contributed by atoms with van der Waals surface area (Å²) < 4.78 is 12.7. The van der Waals surface area contributed by atoms with E-state index in [1.807, 2.05) is 13.0 Å². The molecule has 0 aliphatic rings. The Morgan fingerprint density at radius 1 is 1.62 bits per heavy atom. The van der Waals surface area contributed by atoms with Crippen LogP contribution in [-0.2, 0) is 0 Å². The molecule has 0 heterocycles. The Kier molecular flexibility index (Phi) is 3.46. The van der Waals surface area contributed by atoms with Crippen molar-refractivity contribution in [1.82, 2.24) is 0 Å². The van der Waals surface area contributed by atoms with Crippen LogP contribution in [0.1, 0.15) is 12.5 Å². The smallest absolute Gasteiger partial charge is 0.141 e. The van der Waals surface area contributed by atoms with Crippen LogP contribution in [0.5, 0.6) is 0 Å². The van der Waals surface area contributed by atoms with E-state index in [4.69, 9.17) is 17.3 Å². The highest BCUT2D eigenvalue weighted by molar-refractivity contribution is 6.30. The van der Waals surface area contributed by atoms with Crippen molar-refractivity contribution in [3.63, 3.8) is 0 Å². The zero-order valence-corrected chi connectivity index (χ0v) is 8.11. The summed E-state index contributed by atoms with van der Waals surface area (Å²) in [4.78, 5) is 0. The van der Waals surface area contributed by atoms with Crippen molar-refractivity contribution >= 4 is 17.7 Å². The van der Waals surface area contributed by atoms with Crippen molar-refractivity contribution in [2.24, 2.45) is 5.73 Å². The number of halogens is 2. The number of hydrogen-bond acceptors (Lipinski definition) is 1. The van der Waals surface area contributed by atoms with Crippen molar-refractivity contribution in [3.05, 3.63) is 40.2 Å². The van der Waals surface area contributed by atoms with Gasteiger partial charge in [0.05, 0.1) is 5.02 Å². The van der Waals surface area contributed by atoms with Gasteiger partial charge in [-0.05, 0) is 24.6 Å². The normalized spacial score (nSPS) is 11.8. The summed E-state index contributed by atoms with van der Waals surface area (Å²) >= 11 is 5.60. The molecule has 0 aromatic heterocycles. The molecule has 1 nitrogen and oxygen atoms in total. The minimum Gasteiger partial charge on any atom is -0.327 e. The molecule has 0 radical (unpaired) electrons. The van der Waals surface area contributed by atoms with E-state index in [1.165, 1.54) is 6.07 Å². The highest BCUT2D eigenvalue weighted by atomic mass is 35.5. The van der Waals surface area contributed by atoms with Crippen LogP contribution in [0.2, 0.25) is 5.02 Å². The summed E-state index contributed by atoms with van der Waals surface area (Å²) in [5.41, 5.74) is 7.31. The Morgan fingerprint density at radius 3 is 2.85 bits per heavy atom. The SMILES string of the molecule is C/C(=C/c1ccc(F)c(Cl)c1)CN. The average molecular weight is 200 g/mol. The van der Waals surface area contributed by atoms with Crippen molar-refractivity contribution in [2.75, 3.05) is 6.54 Å². The lowest BCUT2D eigenvalue weighted by Gasteiger charge is -1.98. The average Bonchev–Trinajstić information content (AvgIpc) is 2.11. The Labute approximate surface area is 82.0 Å². The first kappa shape index (κ1) is 10.2. The fourth-order valence-corrected chi connectivity index (χ4v) is 1.13. The number of hydrogen-bond donors (Lipinski definition) is 1. The molecule has 1 aromatic carbocycles. The molecule has 0 atom stereocenters. The molecule has 0 unspecified atom stereocenters. The quantitative estimate of drug-likeness (QED) is 0.779. The summed E-state index contributed by atoms with van der Waals surface area (Å²) in [6, 6.07) is 4.59. The van der Waals surface area contributed by atoms with E-state index < -0.39 is 5.82 Å². The molecule has 0 spiro atoms. The molecule has 0 amide bonds. The molecule has 2 N–H and O–H groups in total. The highest BCUT2D eigenvalue weighted by Crippen LogP contribution is 2.17. The number of nitrogens with two attached hydrogens (primary N) is 1. The van der Waals surface area contributed by atoms with Gasteiger partial charge in [-0.15, -0.1) is 0 Å². The molecular formula is C10H11ClFN. The minimum atomic E-state index is -0.399.